The summed E-state index contributed by atoms with van der Waals surface area (Å²) in [6.45, 7) is 2.95. The molecule has 0 aliphatic carbocycles. The molecular formula is C12H16Br2N2O2S. The third-order valence-electron chi connectivity index (χ3n) is 3.25. The van der Waals surface area contributed by atoms with E-state index in [-0.39, 0.29) is 17.0 Å². The van der Waals surface area contributed by atoms with Crippen LogP contribution in [0.1, 0.15) is 19.8 Å². The second-order valence-electron chi connectivity index (χ2n) is 4.69. The fraction of sp³-hybridized carbons (Fsp3) is 0.500. The van der Waals surface area contributed by atoms with Gasteiger partial charge in [-0.05, 0) is 60.4 Å². The second-order valence-corrected chi connectivity index (χ2v) is 8.14. The molecule has 1 fully saturated rings. The van der Waals surface area contributed by atoms with Crippen LogP contribution in [0.15, 0.2) is 32.0 Å². The van der Waals surface area contributed by atoms with Gasteiger partial charge in [0.2, 0.25) is 10.0 Å². The number of halogens is 2. The predicted molar refractivity (Wildman–Crippen MR) is 82.7 cm³/mol. The summed E-state index contributed by atoms with van der Waals surface area (Å²) in [6.07, 6.45) is 1.85. The molecule has 0 bridgehead atoms. The molecule has 1 aromatic carbocycles. The lowest BCUT2D eigenvalue weighted by Gasteiger charge is -2.30. The van der Waals surface area contributed by atoms with Crippen molar-refractivity contribution in [3.8, 4) is 0 Å². The molecule has 0 radical (unpaired) electrons. The van der Waals surface area contributed by atoms with Crippen LogP contribution in [0.3, 0.4) is 0 Å². The van der Waals surface area contributed by atoms with Crippen LogP contribution in [-0.2, 0) is 10.0 Å². The molecule has 0 saturated carbocycles. The van der Waals surface area contributed by atoms with Gasteiger partial charge < -0.3 is 5.32 Å². The highest BCUT2D eigenvalue weighted by molar-refractivity contribution is 9.11. The zero-order valence-corrected chi connectivity index (χ0v) is 14.5. The van der Waals surface area contributed by atoms with Gasteiger partial charge in [-0.3, -0.25) is 0 Å². The molecule has 2 unspecified atom stereocenters. The molecule has 0 amide bonds. The number of hydrogen-bond acceptors (Lipinski definition) is 3. The summed E-state index contributed by atoms with van der Waals surface area (Å²) in [4.78, 5) is 0.272. The standard InChI is InChI=1S/C12H16Br2N2O2S/c1-8-11(3-2-6-15-8)16-19(17,18)12-5-4-9(13)7-10(12)14/h4-5,7-8,11,15-16H,2-3,6H2,1H3. The number of hydrogen-bond donors (Lipinski definition) is 2. The summed E-state index contributed by atoms with van der Waals surface area (Å²) in [5, 5.41) is 3.28. The van der Waals surface area contributed by atoms with Crippen molar-refractivity contribution >= 4 is 41.9 Å². The Kier molecular flexibility index (Phi) is 5.05. The molecule has 1 aliphatic rings. The first-order valence-corrected chi connectivity index (χ1v) is 9.18. The molecule has 1 heterocycles. The van der Waals surface area contributed by atoms with Gasteiger partial charge in [-0.2, -0.15) is 0 Å². The Morgan fingerprint density at radius 1 is 1.37 bits per heavy atom. The molecule has 2 rings (SSSR count). The molecule has 1 aromatic rings. The van der Waals surface area contributed by atoms with E-state index in [4.69, 9.17) is 0 Å². The van der Waals surface area contributed by atoms with E-state index >= 15 is 0 Å². The number of piperidine rings is 1. The largest absolute Gasteiger partial charge is 0.313 e. The third kappa shape index (κ3) is 3.78. The molecule has 19 heavy (non-hydrogen) atoms. The van der Waals surface area contributed by atoms with E-state index in [1.54, 1.807) is 18.2 Å². The van der Waals surface area contributed by atoms with Gasteiger partial charge in [0.25, 0.3) is 0 Å². The van der Waals surface area contributed by atoms with Gasteiger partial charge in [-0.25, -0.2) is 13.1 Å². The minimum absolute atomic E-state index is 0.0608. The summed E-state index contributed by atoms with van der Waals surface area (Å²) < 4.78 is 29.0. The average molecular weight is 412 g/mol. The molecule has 106 valence electrons. The van der Waals surface area contributed by atoms with Gasteiger partial charge >= 0.3 is 0 Å². The molecule has 4 nitrogen and oxygen atoms in total. The number of benzene rings is 1. The van der Waals surface area contributed by atoms with E-state index < -0.39 is 10.0 Å². The van der Waals surface area contributed by atoms with Gasteiger partial charge in [-0.1, -0.05) is 15.9 Å². The zero-order valence-electron chi connectivity index (χ0n) is 10.5. The van der Waals surface area contributed by atoms with Gasteiger partial charge in [0.15, 0.2) is 0 Å². The van der Waals surface area contributed by atoms with Crippen molar-refractivity contribution in [1.29, 1.82) is 0 Å². The fourth-order valence-corrected chi connectivity index (χ4v) is 5.26. The number of rotatable bonds is 3. The van der Waals surface area contributed by atoms with E-state index in [0.29, 0.717) is 4.47 Å². The Bertz CT molecular complexity index is 563. The van der Waals surface area contributed by atoms with E-state index in [9.17, 15) is 8.42 Å². The maximum absolute atomic E-state index is 12.4. The first-order valence-electron chi connectivity index (χ1n) is 6.11. The highest BCUT2D eigenvalue weighted by atomic mass is 79.9. The van der Waals surface area contributed by atoms with Crippen molar-refractivity contribution in [3.63, 3.8) is 0 Å². The lowest BCUT2D eigenvalue weighted by Crippen LogP contribution is -2.51. The fourth-order valence-electron chi connectivity index (χ4n) is 2.16. The molecular weight excluding hydrogens is 396 g/mol. The van der Waals surface area contributed by atoms with Crippen LogP contribution in [0.5, 0.6) is 0 Å². The average Bonchev–Trinajstić information content (AvgIpc) is 2.31. The summed E-state index contributed by atoms with van der Waals surface area (Å²) in [5.41, 5.74) is 0. The number of nitrogens with one attached hydrogen (secondary N) is 2. The van der Waals surface area contributed by atoms with Gasteiger partial charge in [0, 0.05) is 21.0 Å². The van der Waals surface area contributed by atoms with Crippen LogP contribution >= 0.6 is 31.9 Å². The SMILES string of the molecule is CC1NCCCC1NS(=O)(=O)c1ccc(Br)cc1Br. The Morgan fingerprint density at radius 3 is 2.74 bits per heavy atom. The highest BCUT2D eigenvalue weighted by Crippen LogP contribution is 2.26. The van der Waals surface area contributed by atoms with Crippen LogP contribution in [0.2, 0.25) is 0 Å². The quantitative estimate of drug-likeness (QED) is 0.803. The second kappa shape index (κ2) is 6.22. The van der Waals surface area contributed by atoms with Gasteiger partial charge in [-0.15, -0.1) is 0 Å². The van der Waals surface area contributed by atoms with Gasteiger partial charge in [0.1, 0.15) is 0 Å². The van der Waals surface area contributed by atoms with Crippen molar-refractivity contribution in [2.75, 3.05) is 6.54 Å². The Hall–Kier alpha value is 0.0500. The smallest absolute Gasteiger partial charge is 0.241 e. The third-order valence-corrected chi connectivity index (χ3v) is 6.21. The predicted octanol–water partition coefficient (Wildman–Crippen LogP) is 2.63. The molecule has 7 heteroatoms. The summed E-state index contributed by atoms with van der Waals surface area (Å²) in [6, 6.07) is 5.14. The van der Waals surface area contributed by atoms with Crippen molar-refractivity contribution in [2.24, 2.45) is 0 Å². The highest BCUT2D eigenvalue weighted by Gasteiger charge is 2.27. The topological polar surface area (TPSA) is 58.2 Å². The van der Waals surface area contributed by atoms with Crippen molar-refractivity contribution in [2.45, 2.75) is 36.7 Å². The first kappa shape index (κ1) is 15.4. The lowest BCUT2D eigenvalue weighted by molar-refractivity contribution is 0.349. The van der Waals surface area contributed by atoms with Crippen LogP contribution in [-0.4, -0.2) is 27.0 Å². The summed E-state index contributed by atoms with van der Waals surface area (Å²) >= 11 is 6.61. The van der Waals surface area contributed by atoms with Crippen LogP contribution in [0.4, 0.5) is 0 Å². The summed E-state index contributed by atoms with van der Waals surface area (Å²) in [5.74, 6) is 0. The molecule has 2 N–H and O–H groups in total. The van der Waals surface area contributed by atoms with Crippen LogP contribution in [0, 0.1) is 0 Å². The number of sulfonamides is 1. The monoisotopic (exact) mass is 410 g/mol. The Labute approximate surface area is 130 Å². The maximum Gasteiger partial charge on any atom is 0.241 e. The van der Waals surface area contributed by atoms with E-state index in [0.717, 1.165) is 23.9 Å². The van der Waals surface area contributed by atoms with E-state index in [1.807, 2.05) is 6.92 Å². The van der Waals surface area contributed by atoms with Crippen LogP contribution < -0.4 is 10.0 Å². The minimum Gasteiger partial charge on any atom is -0.313 e. The van der Waals surface area contributed by atoms with Gasteiger partial charge in [0.05, 0.1) is 4.90 Å². The molecule has 1 aliphatic heterocycles. The maximum atomic E-state index is 12.4. The Balaban J connectivity index is 2.22. The zero-order chi connectivity index (χ0) is 14.0. The van der Waals surface area contributed by atoms with Crippen molar-refractivity contribution in [1.82, 2.24) is 10.0 Å². The normalized spacial score (nSPS) is 24.4. The summed E-state index contributed by atoms with van der Waals surface area (Å²) in [7, 11) is -3.50. The molecule has 0 aromatic heterocycles. The molecule has 1 saturated heterocycles. The minimum atomic E-state index is -3.50. The molecule has 0 spiro atoms. The lowest BCUT2D eigenvalue weighted by atomic mass is 10.0. The Morgan fingerprint density at radius 2 is 2.11 bits per heavy atom. The van der Waals surface area contributed by atoms with Crippen LogP contribution in [0.25, 0.3) is 0 Å². The van der Waals surface area contributed by atoms with E-state index in [2.05, 4.69) is 41.9 Å². The molecule has 2 atom stereocenters. The van der Waals surface area contributed by atoms with Crippen molar-refractivity contribution < 1.29 is 8.42 Å². The van der Waals surface area contributed by atoms with Crippen molar-refractivity contribution in [3.05, 3.63) is 27.1 Å². The van der Waals surface area contributed by atoms with E-state index in [1.165, 1.54) is 0 Å². The first-order chi connectivity index (χ1) is 8.90.